The smallest absolute Gasteiger partial charge is 0.252 e. The van der Waals surface area contributed by atoms with Crippen LogP contribution in [0.2, 0.25) is 64.5 Å². The molecule has 0 aromatic carbocycles. The van der Waals surface area contributed by atoms with Gasteiger partial charge in [0, 0.05) is 0 Å². The molecule has 2 unspecified atom stereocenters. The molecule has 7 heteroatoms. The molecule has 2 atom stereocenters. The second kappa shape index (κ2) is 5.68. The predicted octanol–water partition coefficient (Wildman–Crippen LogP) is 4.23. The summed E-state index contributed by atoms with van der Waals surface area (Å²) in [7, 11) is -5.84. The Labute approximate surface area is 136 Å². The van der Waals surface area contributed by atoms with Crippen LogP contribution in [0, 0.1) is 0 Å². The Balaban J connectivity index is 2.23. The van der Waals surface area contributed by atoms with Crippen molar-refractivity contribution in [2.75, 3.05) is 13.1 Å². The normalized spacial score (nSPS) is 36.6. The highest BCUT2D eigenvalue weighted by Gasteiger charge is 2.55. The highest BCUT2D eigenvalue weighted by Crippen LogP contribution is 2.39. The fourth-order valence-electron chi connectivity index (χ4n) is 4.65. The van der Waals surface area contributed by atoms with Crippen LogP contribution >= 0.6 is 0 Å². The quantitative estimate of drug-likeness (QED) is 0.698. The highest BCUT2D eigenvalue weighted by molar-refractivity contribution is 6.96. The Morgan fingerprint density at radius 3 is 1.33 bits per heavy atom. The molecule has 0 aromatic rings. The molecule has 2 heterocycles. The second-order valence-corrected chi connectivity index (χ2v) is 27.6. The molecule has 21 heavy (non-hydrogen) atoms. The topological polar surface area (TPSA) is 15.7 Å². The first kappa shape index (κ1) is 18.1. The van der Waals surface area contributed by atoms with Crippen LogP contribution in [-0.4, -0.2) is 55.0 Å². The third-order valence-electron chi connectivity index (χ3n) is 5.25. The van der Waals surface area contributed by atoms with E-state index in [1.807, 2.05) is 0 Å². The first-order valence-corrected chi connectivity index (χ1v) is 20.7. The van der Waals surface area contributed by atoms with Gasteiger partial charge in [0.25, 0.3) is 17.0 Å². The Kier molecular flexibility index (Phi) is 4.89. The minimum absolute atomic E-state index is 1.25. The molecule has 2 fully saturated rings. The van der Waals surface area contributed by atoms with Crippen LogP contribution < -0.4 is 0 Å². The SMILES string of the molecule is C[Si](C)(C)N1CCC[Si]1(C)O[Si]1(C)CCCN1[Si](C)(C)C. The van der Waals surface area contributed by atoms with Crippen molar-refractivity contribution in [1.29, 1.82) is 0 Å². The fourth-order valence-corrected chi connectivity index (χ4v) is 28.1. The summed E-state index contributed by atoms with van der Waals surface area (Å²) in [6.45, 7) is 22.7. The zero-order valence-corrected chi connectivity index (χ0v) is 19.5. The van der Waals surface area contributed by atoms with E-state index in [9.17, 15) is 0 Å². The zero-order chi connectivity index (χ0) is 16.1. The van der Waals surface area contributed by atoms with Gasteiger partial charge in [0.1, 0.15) is 16.5 Å². The van der Waals surface area contributed by atoms with E-state index in [0.29, 0.717) is 0 Å². The third-order valence-corrected chi connectivity index (χ3v) is 24.6. The van der Waals surface area contributed by atoms with E-state index < -0.39 is 33.4 Å². The minimum atomic E-state index is -1.67. The fraction of sp³-hybridized carbons (Fsp3) is 1.00. The van der Waals surface area contributed by atoms with Gasteiger partial charge in [-0.15, -0.1) is 0 Å². The summed E-state index contributed by atoms with van der Waals surface area (Å²) in [5, 5.41) is 0. The molecule has 0 bridgehead atoms. The minimum Gasteiger partial charge on any atom is -0.433 e. The Bertz CT molecular complexity index is 359. The maximum Gasteiger partial charge on any atom is 0.252 e. The monoisotopic (exact) mass is 360 g/mol. The first-order valence-electron chi connectivity index (χ1n) is 8.64. The van der Waals surface area contributed by atoms with E-state index in [2.05, 4.69) is 60.8 Å². The van der Waals surface area contributed by atoms with Crippen LogP contribution in [-0.2, 0) is 4.12 Å². The molecule has 0 spiro atoms. The summed E-state index contributed by atoms with van der Waals surface area (Å²) in [5.74, 6) is 0. The summed E-state index contributed by atoms with van der Waals surface area (Å²) in [6, 6.07) is 2.72. The van der Waals surface area contributed by atoms with Crippen LogP contribution in [0.4, 0.5) is 0 Å². The van der Waals surface area contributed by atoms with Crippen molar-refractivity contribution in [1.82, 2.24) is 8.46 Å². The summed E-state index contributed by atoms with van der Waals surface area (Å²) < 4.78 is 13.0. The molecule has 0 saturated carbocycles. The van der Waals surface area contributed by atoms with Gasteiger partial charge in [0.2, 0.25) is 0 Å². The second-order valence-electron chi connectivity index (χ2n) is 9.30. The maximum atomic E-state index is 7.22. The van der Waals surface area contributed by atoms with Crippen molar-refractivity contribution in [2.45, 2.75) is 77.3 Å². The number of hydrogen-bond donors (Lipinski definition) is 0. The molecular weight excluding hydrogens is 325 g/mol. The molecule has 124 valence electrons. The summed E-state index contributed by atoms with van der Waals surface area (Å²) >= 11 is 0. The van der Waals surface area contributed by atoms with E-state index in [0.717, 1.165) is 0 Å². The number of nitrogens with zero attached hydrogens (tertiary/aromatic N) is 2. The van der Waals surface area contributed by atoms with Crippen molar-refractivity contribution in [3.05, 3.63) is 0 Å². The van der Waals surface area contributed by atoms with Gasteiger partial charge in [0.15, 0.2) is 0 Å². The summed E-state index contributed by atoms with van der Waals surface area (Å²) in [4.78, 5) is 0. The molecule has 0 aromatic heterocycles. The van der Waals surface area contributed by atoms with Crippen molar-refractivity contribution in [3.8, 4) is 0 Å². The van der Waals surface area contributed by atoms with Crippen molar-refractivity contribution < 1.29 is 4.12 Å². The van der Waals surface area contributed by atoms with E-state index in [-0.39, 0.29) is 0 Å². The third kappa shape index (κ3) is 3.64. The Morgan fingerprint density at radius 1 is 0.714 bits per heavy atom. The average Bonchev–Trinajstić information content (AvgIpc) is 2.80. The van der Waals surface area contributed by atoms with Gasteiger partial charge in [-0.25, -0.2) is 0 Å². The molecule has 2 rings (SSSR count). The molecule has 2 aliphatic rings. The average molecular weight is 361 g/mol. The first-order chi connectivity index (χ1) is 9.39. The lowest BCUT2D eigenvalue weighted by Crippen LogP contribution is -2.68. The highest BCUT2D eigenvalue weighted by atomic mass is 28.5. The van der Waals surface area contributed by atoms with Crippen LogP contribution in [0.25, 0.3) is 0 Å². The largest absolute Gasteiger partial charge is 0.433 e. The standard InChI is InChI=1S/C14H36N2OSi4/c1-18(2,3)15-11-9-13-20(15,7)17-21(8)14-10-12-16(21)19(4,5)6/h9-14H2,1-8H3. The van der Waals surface area contributed by atoms with Crippen LogP contribution in [0.3, 0.4) is 0 Å². The lowest BCUT2D eigenvalue weighted by Gasteiger charge is -2.49. The zero-order valence-electron chi connectivity index (χ0n) is 15.5. The van der Waals surface area contributed by atoms with Gasteiger partial charge in [-0.2, -0.15) is 0 Å². The molecule has 2 aliphatic heterocycles. The Hall–Kier alpha value is 0.748. The Morgan fingerprint density at radius 2 is 1.05 bits per heavy atom. The van der Waals surface area contributed by atoms with E-state index in [1.165, 1.54) is 38.0 Å². The predicted molar refractivity (Wildman–Crippen MR) is 103 cm³/mol. The van der Waals surface area contributed by atoms with Gasteiger partial charge >= 0.3 is 0 Å². The van der Waals surface area contributed by atoms with Gasteiger partial charge in [-0.1, -0.05) is 39.3 Å². The summed E-state index contributed by atoms with van der Waals surface area (Å²) in [5.41, 5.74) is 0. The van der Waals surface area contributed by atoms with Gasteiger partial charge in [-0.05, 0) is 51.1 Å². The molecule has 0 amide bonds. The summed E-state index contributed by atoms with van der Waals surface area (Å²) in [6.07, 6.45) is 2.73. The lowest BCUT2D eigenvalue weighted by atomic mass is 10.5. The lowest BCUT2D eigenvalue weighted by molar-refractivity contribution is 0.431. The van der Waals surface area contributed by atoms with Gasteiger partial charge < -0.3 is 12.6 Å². The molecule has 3 nitrogen and oxygen atoms in total. The maximum absolute atomic E-state index is 7.22. The van der Waals surface area contributed by atoms with Gasteiger partial charge in [-0.3, -0.25) is 0 Å². The molecule has 2 saturated heterocycles. The van der Waals surface area contributed by atoms with Crippen molar-refractivity contribution in [2.24, 2.45) is 0 Å². The van der Waals surface area contributed by atoms with Crippen molar-refractivity contribution >= 4 is 33.4 Å². The van der Waals surface area contributed by atoms with Crippen LogP contribution in [0.1, 0.15) is 12.8 Å². The van der Waals surface area contributed by atoms with Crippen LogP contribution in [0.5, 0.6) is 0 Å². The van der Waals surface area contributed by atoms with Crippen LogP contribution in [0.15, 0.2) is 0 Å². The van der Waals surface area contributed by atoms with Gasteiger partial charge in [0.05, 0.1) is 0 Å². The molecule has 0 N–H and O–H groups in total. The molecular formula is C14H36N2OSi4. The van der Waals surface area contributed by atoms with E-state index in [4.69, 9.17) is 4.12 Å². The number of hydrogen-bond acceptors (Lipinski definition) is 3. The van der Waals surface area contributed by atoms with E-state index >= 15 is 0 Å². The van der Waals surface area contributed by atoms with Crippen molar-refractivity contribution in [3.63, 3.8) is 0 Å². The van der Waals surface area contributed by atoms with E-state index in [1.54, 1.807) is 0 Å². The molecule has 0 radical (unpaired) electrons. The number of rotatable bonds is 4. The molecule has 0 aliphatic carbocycles.